The lowest BCUT2D eigenvalue weighted by Gasteiger charge is -2.02. The second kappa shape index (κ2) is 3.34. The number of nitrogens with one attached hydrogen (secondary N) is 1. The maximum absolute atomic E-state index is 5.60. The number of H-pyrrole nitrogens is 1. The van der Waals surface area contributed by atoms with E-state index in [0.717, 1.165) is 22.2 Å². The number of nitrogens with two attached hydrogens (primary N) is 1. The molecule has 1 aromatic carbocycles. The number of nitrogen functional groups attached to an aromatic ring is 1. The standard InChI is InChI=1S/C12H10N4/c13-12-7-11(15-16-12)9-3-1-5-10-8(9)4-2-6-14-10/h1-7H,(H3,13,15,16). The fourth-order valence-corrected chi connectivity index (χ4v) is 1.81. The molecular weight excluding hydrogens is 200 g/mol. The normalized spacial score (nSPS) is 10.8. The van der Waals surface area contributed by atoms with E-state index in [-0.39, 0.29) is 0 Å². The van der Waals surface area contributed by atoms with Crippen LogP contribution in [0.5, 0.6) is 0 Å². The molecule has 0 aliphatic carbocycles. The van der Waals surface area contributed by atoms with E-state index in [1.807, 2.05) is 36.4 Å². The molecule has 4 nitrogen and oxygen atoms in total. The van der Waals surface area contributed by atoms with Crippen molar-refractivity contribution in [2.45, 2.75) is 0 Å². The number of hydrogen-bond donors (Lipinski definition) is 2. The van der Waals surface area contributed by atoms with E-state index < -0.39 is 0 Å². The highest BCUT2D eigenvalue weighted by molar-refractivity contribution is 5.93. The Labute approximate surface area is 92.1 Å². The Morgan fingerprint density at radius 3 is 2.88 bits per heavy atom. The van der Waals surface area contributed by atoms with Crippen LogP contribution in [0, 0.1) is 0 Å². The van der Waals surface area contributed by atoms with Gasteiger partial charge in [-0.15, -0.1) is 0 Å². The van der Waals surface area contributed by atoms with Crippen molar-refractivity contribution in [2.24, 2.45) is 0 Å². The van der Waals surface area contributed by atoms with Crippen LogP contribution in [0.2, 0.25) is 0 Å². The number of nitrogens with zero attached hydrogens (tertiary/aromatic N) is 2. The summed E-state index contributed by atoms with van der Waals surface area (Å²) < 4.78 is 0. The molecule has 0 unspecified atom stereocenters. The number of aromatic amines is 1. The number of fused-ring (bicyclic) bond motifs is 1. The SMILES string of the molecule is Nc1cc(-c2cccc3ncccc23)[nH]n1. The van der Waals surface area contributed by atoms with Gasteiger partial charge < -0.3 is 5.73 Å². The molecule has 2 heterocycles. The third-order valence-corrected chi connectivity index (χ3v) is 2.53. The number of anilines is 1. The molecular formula is C12H10N4. The maximum Gasteiger partial charge on any atom is 0.145 e. The average Bonchev–Trinajstić information content (AvgIpc) is 2.75. The summed E-state index contributed by atoms with van der Waals surface area (Å²) in [7, 11) is 0. The minimum Gasteiger partial charge on any atom is -0.382 e. The van der Waals surface area contributed by atoms with Crippen LogP contribution >= 0.6 is 0 Å². The van der Waals surface area contributed by atoms with Crippen molar-refractivity contribution in [1.82, 2.24) is 15.2 Å². The first kappa shape index (κ1) is 8.91. The van der Waals surface area contributed by atoms with Gasteiger partial charge in [-0.05, 0) is 12.1 Å². The highest BCUT2D eigenvalue weighted by Crippen LogP contribution is 2.26. The number of rotatable bonds is 1. The summed E-state index contributed by atoms with van der Waals surface area (Å²) in [4.78, 5) is 4.31. The van der Waals surface area contributed by atoms with Gasteiger partial charge in [-0.3, -0.25) is 10.1 Å². The van der Waals surface area contributed by atoms with Crippen LogP contribution in [0.4, 0.5) is 5.82 Å². The second-order valence-corrected chi connectivity index (χ2v) is 3.58. The van der Waals surface area contributed by atoms with Crippen LogP contribution in [-0.4, -0.2) is 15.2 Å². The Morgan fingerprint density at radius 2 is 2.06 bits per heavy atom. The molecule has 0 spiro atoms. The Hall–Kier alpha value is -2.36. The van der Waals surface area contributed by atoms with Crippen LogP contribution in [0.15, 0.2) is 42.6 Å². The summed E-state index contributed by atoms with van der Waals surface area (Å²) in [6.07, 6.45) is 1.79. The first-order valence-corrected chi connectivity index (χ1v) is 4.99. The van der Waals surface area contributed by atoms with Gasteiger partial charge in [0.15, 0.2) is 0 Å². The highest BCUT2D eigenvalue weighted by atomic mass is 15.2. The monoisotopic (exact) mass is 210 g/mol. The van der Waals surface area contributed by atoms with Crippen molar-refractivity contribution in [3.63, 3.8) is 0 Å². The fourth-order valence-electron chi connectivity index (χ4n) is 1.81. The topological polar surface area (TPSA) is 67.6 Å². The van der Waals surface area contributed by atoms with Crippen molar-refractivity contribution < 1.29 is 0 Å². The summed E-state index contributed by atoms with van der Waals surface area (Å²) in [5.41, 5.74) is 8.55. The van der Waals surface area contributed by atoms with Gasteiger partial charge in [0.1, 0.15) is 5.82 Å². The van der Waals surface area contributed by atoms with Crippen LogP contribution in [-0.2, 0) is 0 Å². The Morgan fingerprint density at radius 1 is 1.12 bits per heavy atom. The molecule has 2 aromatic heterocycles. The molecule has 0 saturated heterocycles. The molecule has 0 saturated carbocycles. The molecule has 0 bridgehead atoms. The molecule has 3 aromatic rings. The van der Waals surface area contributed by atoms with Crippen molar-refractivity contribution in [1.29, 1.82) is 0 Å². The van der Waals surface area contributed by atoms with Crippen LogP contribution in [0.25, 0.3) is 22.2 Å². The van der Waals surface area contributed by atoms with Gasteiger partial charge >= 0.3 is 0 Å². The average molecular weight is 210 g/mol. The first-order valence-electron chi connectivity index (χ1n) is 4.99. The summed E-state index contributed by atoms with van der Waals surface area (Å²) in [6.45, 7) is 0. The third-order valence-electron chi connectivity index (χ3n) is 2.53. The largest absolute Gasteiger partial charge is 0.382 e. The number of hydrogen-bond acceptors (Lipinski definition) is 3. The molecule has 0 fully saturated rings. The highest BCUT2D eigenvalue weighted by Gasteiger charge is 2.05. The molecule has 0 amide bonds. The van der Waals surface area contributed by atoms with Crippen LogP contribution < -0.4 is 5.73 Å². The van der Waals surface area contributed by atoms with Gasteiger partial charge in [-0.2, -0.15) is 5.10 Å². The molecule has 0 atom stereocenters. The van der Waals surface area contributed by atoms with Gasteiger partial charge in [-0.1, -0.05) is 18.2 Å². The van der Waals surface area contributed by atoms with Crippen LogP contribution in [0.1, 0.15) is 0 Å². The van der Waals surface area contributed by atoms with E-state index in [1.54, 1.807) is 6.20 Å². The van der Waals surface area contributed by atoms with E-state index in [1.165, 1.54) is 0 Å². The maximum atomic E-state index is 5.60. The molecule has 3 N–H and O–H groups in total. The van der Waals surface area contributed by atoms with Crippen molar-refractivity contribution in [2.75, 3.05) is 5.73 Å². The van der Waals surface area contributed by atoms with E-state index in [9.17, 15) is 0 Å². The van der Waals surface area contributed by atoms with Gasteiger partial charge in [-0.25, -0.2) is 0 Å². The Bertz CT molecular complexity index is 637. The summed E-state index contributed by atoms with van der Waals surface area (Å²) in [6, 6.07) is 11.8. The van der Waals surface area contributed by atoms with Gasteiger partial charge in [0.25, 0.3) is 0 Å². The summed E-state index contributed by atoms with van der Waals surface area (Å²) >= 11 is 0. The molecule has 0 aliphatic rings. The Balaban J connectivity index is 2.31. The van der Waals surface area contributed by atoms with Crippen LogP contribution in [0.3, 0.4) is 0 Å². The quantitative estimate of drug-likeness (QED) is 0.647. The number of benzene rings is 1. The lowest BCUT2D eigenvalue weighted by atomic mass is 10.1. The molecule has 3 rings (SSSR count). The van der Waals surface area contributed by atoms with Crippen molar-refractivity contribution >= 4 is 16.7 Å². The molecule has 0 aliphatic heterocycles. The minimum atomic E-state index is 0.496. The summed E-state index contributed by atoms with van der Waals surface area (Å²) in [5, 5.41) is 7.93. The zero-order valence-corrected chi connectivity index (χ0v) is 8.51. The van der Waals surface area contributed by atoms with E-state index in [0.29, 0.717) is 5.82 Å². The van der Waals surface area contributed by atoms with E-state index >= 15 is 0 Å². The fraction of sp³-hybridized carbons (Fsp3) is 0. The smallest absolute Gasteiger partial charge is 0.145 e. The summed E-state index contributed by atoms with van der Waals surface area (Å²) in [5.74, 6) is 0.496. The van der Waals surface area contributed by atoms with E-state index in [2.05, 4.69) is 15.2 Å². The molecule has 78 valence electrons. The van der Waals surface area contributed by atoms with E-state index in [4.69, 9.17) is 5.73 Å². The number of pyridine rings is 1. The molecule has 16 heavy (non-hydrogen) atoms. The van der Waals surface area contributed by atoms with Crippen molar-refractivity contribution in [3.05, 3.63) is 42.6 Å². The van der Waals surface area contributed by atoms with Gasteiger partial charge in [0.2, 0.25) is 0 Å². The van der Waals surface area contributed by atoms with Crippen molar-refractivity contribution in [3.8, 4) is 11.3 Å². The zero-order valence-electron chi connectivity index (χ0n) is 8.51. The third kappa shape index (κ3) is 1.32. The second-order valence-electron chi connectivity index (χ2n) is 3.58. The lowest BCUT2D eigenvalue weighted by Crippen LogP contribution is -1.83. The molecule has 4 heteroatoms. The Kier molecular flexibility index (Phi) is 1.86. The predicted molar refractivity (Wildman–Crippen MR) is 63.7 cm³/mol. The minimum absolute atomic E-state index is 0.496. The van der Waals surface area contributed by atoms with Gasteiger partial charge in [0, 0.05) is 23.2 Å². The first-order chi connectivity index (χ1) is 7.84. The molecule has 0 radical (unpaired) electrons. The zero-order chi connectivity index (χ0) is 11.0. The number of aromatic nitrogens is 3. The lowest BCUT2D eigenvalue weighted by molar-refractivity contribution is 1.10. The van der Waals surface area contributed by atoms with Gasteiger partial charge in [0.05, 0.1) is 11.2 Å². The predicted octanol–water partition coefficient (Wildman–Crippen LogP) is 2.21.